The number of halogens is 1. The molecule has 1 aromatic carbocycles. The SMILES string of the molecule is NCCc1cccc(F)c1Sc1nnnn1C1CCCC1. The van der Waals surface area contributed by atoms with Crippen LogP contribution in [0.4, 0.5) is 4.39 Å². The van der Waals surface area contributed by atoms with Crippen LogP contribution in [-0.4, -0.2) is 26.8 Å². The first-order chi connectivity index (χ1) is 10.3. The molecule has 0 atom stereocenters. The van der Waals surface area contributed by atoms with Gasteiger partial charge in [0, 0.05) is 0 Å². The fraction of sp³-hybridized carbons (Fsp3) is 0.500. The van der Waals surface area contributed by atoms with Crippen molar-refractivity contribution >= 4 is 11.8 Å². The second kappa shape index (κ2) is 6.53. The van der Waals surface area contributed by atoms with Crippen molar-refractivity contribution in [2.75, 3.05) is 6.54 Å². The van der Waals surface area contributed by atoms with Crippen molar-refractivity contribution in [1.29, 1.82) is 0 Å². The molecule has 1 aliphatic carbocycles. The number of nitrogens with two attached hydrogens (primary N) is 1. The van der Waals surface area contributed by atoms with Crippen molar-refractivity contribution in [1.82, 2.24) is 20.2 Å². The summed E-state index contributed by atoms with van der Waals surface area (Å²) in [4.78, 5) is 0.581. The molecule has 1 fully saturated rings. The van der Waals surface area contributed by atoms with Crippen LogP contribution in [0.1, 0.15) is 37.3 Å². The van der Waals surface area contributed by atoms with Gasteiger partial charge in [-0.05, 0) is 59.6 Å². The Morgan fingerprint density at radius 2 is 2.14 bits per heavy atom. The predicted molar refractivity (Wildman–Crippen MR) is 78.6 cm³/mol. The molecule has 0 radical (unpaired) electrons. The summed E-state index contributed by atoms with van der Waals surface area (Å²) in [5.41, 5.74) is 6.51. The van der Waals surface area contributed by atoms with Gasteiger partial charge in [-0.15, -0.1) is 5.10 Å². The number of rotatable bonds is 5. The molecule has 0 bridgehead atoms. The summed E-state index contributed by atoms with van der Waals surface area (Å²) in [5, 5.41) is 12.6. The minimum absolute atomic E-state index is 0.244. The van der Waals surface area contributed by atoms with Crippen LogP contribution in [-0.2, 0) is 6.42 Å². The third kappa shape index (κ3) is 3.08. The first-order valence-corrected chi connectivity index (χ1v) is 8.04. The molecule has 3 rings (SSSR count). The maximum absolute atomic E-state index is 14.1. The zero-order chi connectivity index (χ0) is 14.7. The van der Waals surface area contributed by atoms with Gasteiger partial charge in [0.2, 0.25) is 5.16 Å². The molecule has 1 heterocycles. The van der Waals surface area contributed by atoms with Gasteiger partial charge < -0.3 is 5.73 Å². The van der Waals surface area contributed by atoms with Gasteiger partial charge in [-0.1, -0.05) is 25.0 Å². The molecule has 0 saturated heterocycles. The quantitative estimate of drug-likeness (QED) is 0.919. The lowest BCUT2D eigenvalue weighted by atomic mass is 10.1. The molecule has 7 heteroatoms. The van der Waals surface area contributed by atoms with E-state index >= 15 is 0 Å². The molecule has 0 aliphatic heterocycles. The van der Waals surface area contributed by atoms with Crippen LogP contribution in [0.2, 0.25) is 0 Å². The Kier molecular flexibility index (Phi) is 4.50. The Morgan fingerprint density at radius 3 is 2.90 bits per heavy atom. The molecule has 0 spiro atoms. The molecule has 1 aromatic heterocycles. The van der Waals surface area contributed by atoms with Crippen LogP contribution in [0.25, 0.3) is 0 Å². The Labute approximate surface area is 127 Å². The van der Waals surface area contributed by atoms with Gasteiger partial charge in [-0.3, -0.25) is 0 Å². The lowest BCUT2D eigenvalue weighted by Crippen LogP contribution is -2.09. The number of nitrogens with zero attached hydrogens (tertiary/aromatic N) is 4. The number of hydrogen-bond acceptors (Lipinski definition) is 5. The minimum atomic E-state index is -0.244. The molecule has 21 heavy (non-hydrogen) atoms. The molecular weight excluding hydrogens is 289 g/mol. The van der Waals surface area contributed by atoms with Gasteiger partial charge in [-0.2, -0.15) is 0 Å². The van der Waals surface area contributed by atoms with Gasteiger partial charge in [0.05, 0.1) is 10.9 Å². The average Bonchev–Trinajstić information content (AvgIpc) is 3.13. The fourth-order valence-electron chi connectivity index (χ4n) is 2.74. The highest BCUT2D eigenvalue weighted by atomic mass is 32.2. The van der Waals surface area contributed by atoms with Crippen LogP contribution in [0.5, 0.6) is 0 Å². The van der Waals surface area contributed by atoms with E-state index < -0.39 is 0 Å². The molecule has 2 aromatic rings. The molecule has 1 saturated carbocycles. The number of hydrogen-bond donors (Lipinski definition) is 1. The van der Waals surface area contributed by atoms with Crippen LogP contribution in [0, 0.1) is 5.82 Å². The maximum atomic E-state index is 14.1. The Bertz CT molecular complexity index is 609. The van der Waals surface area contributed by atoms with Crippen molar-refractivity contribution in [2.24, 2.45) is 5.73 Å². The Hall–Kier alpha value is -1.47. The largest absolute Gasteiger partial charge is 0.330 e. The highest BCUT2D eigenvalue weighted by Gasteiger charge is 2.23. The van der Waals surface area contributed by atoms with Crippen molar-refractivity contribution in [3.8, 4) is 0 Å². The van der Waals surface area contributed by atoms with E-state index in [0.717, 1.165) is 18.4 Å². The summed E-state index contributed by atoms with van der Waals surface area (Å²) in [6.07, 6.45) is 5.22. The van der Waals surface area contributed by atoms with Gasteiger partial charge in [0.25, 0.3) is 0 Å². The van der Waals surface area contributed by atoms with Gasteiger partial charge in [0.15, 0.2) is 0 Å². The van der Waals surface area contributed by atoms with E-state index in [4.69, 9.17) is 5.73 Å². The average molecular weight is 307 g/mol. The van der Waals surface area contributed by atoms with Crippen molar-refractivity contribution < 1.29 is 4.39 Å². The Balaban J connectivity index is 1.89. The first-order valence-electron chi connectivity index (χ1n) is 7.22. The van der Waals surface area contributed by atoms with Crippen LogP contribution < -0.4 is 5.73 Å². The van der Waals surface area contributed by atoms with E-state index in [1.165, 1.54) is 30.7 Å². The van der Waals surface area contributed by atoms with E-state index in [2.05, 4.69) is 15.5 Å². The van der Waals surface area contributed by atoms with E-state index in [-0.39, 0.29) is 5.82 Å². The molecule has 5 nitrogen and oxygen atoms in total. The monoisotopic (exact) mass is 307 g/mol. The summed E-state index contributed by atoms with van der Waals surface area (Å²) in [6.45, 7) is 0.491. The highest BCUT2D eigenvalue weighted by Crippen LogP contribution is 2.36. The summed E-state index contributed by atoms with van der Waals surface area (Å²) < 4.78 is 16.0. The normalized spacial score (nSPS) is 15.7. The Morgan fingerprint density at radius 1 is 1.33 bits per heavy atom. The summed E-state index contributed by atoms with van der Waals surface area (Å²) >= 11 is 1.30. The van der Waals surface area contributed by atoms with E-state index in [0.29, 0.717) is 29.1 Å². The van der Waals surface area contributed by atoms with E-state index in [1.807, 2.05) is 10.7 Å². The van der Waals surface area contributed by atoms with Crippen molar-refractivity contribution in [3.63, 3.8) is 0 Å². The third-order valence-corrected chi connectivity index (χ3v) is 4.90. The summed E-state index contributed by atoms with van der Waals surface area (Å²) in [7, 11) is 0. The number of tetrazole rings is 1. The summed E-state index contributed by atoms with van der Waals surface area (Å²) in [5.74, 6) is -0.244. The van der Waals surface area contributed by atoms with E-state index in [1.54, 1.807) is 6.07 Å². The summed E-state index contributed by atoms with van der Waals surface area (Å²) in [6, 6.07) is 5.42. The second-order valence-corrected chi connectivity index (χ2v) is 6.19. The molecule has 1 aliphatic rings. The smallest absolute Gasteiger partial charge is 0.214 e. The predicted octanol–water partition coefficient (Wildman–Crippen LogP) is 2.58. The molecular formula is C14H18FN5S. The van der Waals surface area contributed by atoms with Gasteiger partial charge in [-0.25, -0.2) is 9.07 Å². The first kappa shape index (κ1) is 14.5. The standard InChI is InChI=1S/C14H18FN5S/c15-12-7-3-4-10(8-9-16)13(12)21-14-17-18-19-20(14)11-5-1-2-6-11/h3-4,7,11H,1-2,5-6,8-9,16H2. The molecule has 0 amide bonds. The molecule has 0 unspecified atom stereocenters. The zero-order valence-electron chi connectivity index (χ0n) is 11.7. The van der Waals surface area contributed by atoms with Crippen LogP contribution in [0.3, 0.4) is 0 Å². The highest BCUT2D eigenvalue weighted by molar-refractivity contribution is 7.99. The fourth-order valence-corrected chi connectivity index (χ4v) is 3.75. The van der Waals surface area contributed by atoms with Gasteiger partial charge >= 0.3 is 0 Å². The third-order valence-electron chi connectivity index (χ3n) is 3.79. The van der Waals surface area contributed by atoms with Gasteiger partial charge in [0.1, 0.15) is 5.82 Å². The topological polar surface area (TPSA) is 69.6 Å². The molecule has 112 valence electrons. The van der Waals surface area contributed by atoms with Crippen molar-refractivity contribution in [3.05, 3.63) is 29.6 Å². The van der Waals surface area contributed by atoms with Crippen molar-refractivity contribution in [2.45, 2.75) is 48.2 Å². The van der Waals surface area contributed by atoms with E-state index in [9.17, 15) is 4.39 Å². The lowest BCUT2D eigenvalue weighted by molar-refractivity contribution is 0.423. The van der Waals surface area contributed by atoms with Crippen LogP contribution >= 0.6 is 11.8 Å². The molecule has 2 N–H and O–H groups in total. The number of benzene rings is 1. The zero-order valence-corrected chi connectivity index (χ0v) is 12.5. The lowest BCUT2D eigenvalue weighted by Gasteiger charge is -2.12. The maximum Gasteiger partial charge on any atom is 0.214 e. The minimum Gasteiger partial charge on any atom is -0.330 e. The van der Waals surface area contributed by atoms with Crippen LogP contribution in [0.15, 0.2) is 28.3 Å². The second-order valence-electron chi connectivity index (χ2n) is 5.21. The number of aromatic nitrogens is 4.